The highest BCUT2D eigenvalue weighted by Gasteiger charge is 2.50. The fourth-order valence-corrected chi connectivity index (χ4v) is 3.32. The molecule has 1 aromatic heterocycles. The molecule has 0 atom stereocenters. The highest BCUT2D eigenvalue weighted by atomic mass is 16.6. The van der Waals surface area contributed by atoms with Gasteiger partial charge in [-0.25, -0.2) is 9.78 Å². The molecule has 1 aliphatic carbocycles. The molecule has 0 saturated heterocycles. The summed E-state index contributed by atoms with van der Waals surface area (Å²) in [6.07, 6.45) is 2.75. The van der Waals surface area contributed by atoms with E-state index in [0.717, 1.165) is 24.2 Å². The number of fused-ring (bicyclic) bond motifs is 1. The smallest absolute Gasteiger partial charge is 0.407 e. The SMILES string of the molecule is CC(C)(C)OC(=O)NC1CC(N2C(=O)C(C)(C)c3cccnc32)C1. The number of aromatic nitrogens is 1. The molecule has 1 saturated carbocycles. The standard InChI is InChI=1S/C18H25N3O3/c1-17(2,3)24-16(23)20-11-9-12(10-11)21-14-13(7-6-8-19-14)18(4,5)15(21)22/h6-8,11-12H,9-10H2,1-5H3,(H,20,23). The van der Waals surface area contributed by atoms with Crippen LogP contribution < -0.4 is 10.2 Å². The Balaban J connectivity index is 1.65. The van der Waals surface area contributed by atoms with E-state index in [1.54, 1.807) is 6.20 Å². The zero-order chi connectivity index (χ0) is 17.7. The van der Waals surface area contributed by atoms with E-state index in [-0.39, 0.29) is 18.0 Å². The predicted molar refractivity (Wildman–Crippen MR) is 90.9 cm³/mol. The Morgan fingerprint density at radius 3 is 2.67 bits per heavy atom. The molecule has 0 bridgehead atoms. The van der Waals surface area contributed by atoms with Crippen molar-refractivity contribution in [3.05, 3.63) is 23.9 Å². The number of hydrogen-bond acceptors (Lipinski definition) is 4. The molecule has 2 amide bonds. The van der Waals surface area contributed by atoms with Crippen molar-refractivity contribution in [3.8, 4) is 0 Å². The highest BCUT2D eigenvalue weighted by molar-refractivity contribution is 6.07. The van der Waals surface area contributed by atoms with E-state index < -0.39 is 17.1 Å². The van der Waals surface area contributed by atoms with Gasteiger partial charge in [0.05, 0.1) is 5.41 Å². The average molecular weight is 331 g/mol. The second kappa shape index (κ2) is 5.46. The van der Waals surface area contributed by atoms with Gasteiger partial charge in [0.25, 0.3) is 0 Å². The van der Waals surface area contributed by atoms with Crippen LogP contribution in [-0.2, 0) is 14.9 Å². The number of hydrogen-bond donors (Lipinski definition) is 1. The lowest BCUT2D eigenvalue weighted by Crippen LogP contribution is -2.56. The third-order valence-electron chi connectivity index (χ3n) is 4.64. The molecule has 24 heavy (non-hydrogen) atoms. The van der Waals surface area contributed by atoms with Crippen LogP contribution in [0.3, 0.4) is 0 Å². The van der Waals surface area contributed by atoms with Crippen molar-refractivity contribution >= 4 is 17.8 Å². The first kappa shape index (κ1) is 16.7. The summed E-state index contributed by atoms with van der Waals surface area (Å²) in [5.74, 6) is 0.838. The van der Waals surface area contributed by atoms with E-state index in [2.05, 4.69) is 10.3 Å². The lowest BCUT2D eigenvalue weighted by molar-refractivity contribution is -0.123. The number of nitrogens with one attached hydrogen (secondary N) is 1. The van der Waals surface area contributed by atoms with Gasteiger partial charge in [-0.05, 0) is 53.5 Å². The maximum absolute atomic E-state index is 12.8. The molecule has 2 heterocycles. The fraction of sp³-hybridized carbons (Fsp3) is 0.611. The minimum atomic E-state index is -0.548. The molecular weight excluding hydrogens is 306 g/mol. The second-order valence-corrected chi connectivity index (χ2v) is 8.14. The van der Waals surface area contributed by atoms with Crippen molar-refractivity contribution < 1.29 is 14.3 Å². The van der Waals surface area contributed by atoms with Crippen LogP contribution in [0.4, 0.5) is 10.6 Å². The lowest BCUT2D eigenvalue weighted by Gasteiger charge is -2.41. The summed E-state index contributed by atoms with van der Waals surface area (Å²) in [4.78, 5) is 30.9. The van der Waals surface area contributed by atoms with Crippen LogP contribution in [0.2, 0.25) is 0 Å². The Bertz CT molecular complexity index is 672. The number of rotatable bonds is 2. The van der Waals surface area contributed by atoms with E-state index in [9.17, 15) is 9.59 Å². The van der Waals surface area contributed by atoms with Crippen molar-refractivity contribution in [1.82, 2.24) is 10.3 Å². The van der Waals surface area contributed by atoms with E-state index in [1.165, 1.54) is 0 Å². The van der Waals surface area contributed by atoms with Gasteiger partial charge in [0, 0.05) is 23.8 Å². The summed E-state index contributed by atoms with van der Waals surface area (Å²) < 4.78 is 5.27. The molecule has 1 fully saturated rings. The Hall–Kier alpha value is -2.11. The molecule has 1 N–H and O–H groups in total. The Morgan fingerprint density at radius 2 is 2.04 bits per heavy atom. The molecule has 1 aromatic rings. The van der Waals surface area contributed by atoms with Crippen LogP contribution in [0.15, 0.2) is 18.3 Å². The van der Waals surface area contributed by atoms with E-state index in [1.807, 2.05) is 51.7 Å². The number of alkyl carbamates (subject to hydrolysis) is 1. The first-order valence-corrected chi connectivity index (χ1v) is 8.38. The molecule has 6 nitrogen and oxygen atoms in total. The lowest BCUT2D eigenvalue weighted by atomic mass is 9.84. The number of carbonyl (C=O) groups excluding carboxylic acids is 2. The maximum Gasteiger partial charge on any atom is 0.407 e. The molecular formula is C18H25N3O3. The third kappa shape index (κ3) is 2.85. The zero-order valence-electron chi connectivity index (χ0n) is 14.9. The van der Waals surface area contributed by atoms with Gasteiger partial charge in [0.2, 0.25) is 5.91 Å². The normalized spacial score (nSPS) is 25.0. The van der Waals surface area contributed by atoms with Gasteiger partial charge < -0.3 is 10.1 Å². The van der Waals surface area contributed by atoms with Crippen LogP contribution in [0.25, 0.3) is 0 Å². The van der Waals surface area contributed by atoms with E-state index >= 15 is 0 Å². The molecule has 1 aliphatic heterocycles. The minimum Gasteiger partial charge on any atom is -0.444 e. The van der Waals surface area contributed by atoms with Crippen molar-refractivity contribution in [2.24, 2.45) is 0 Å². The summed E-state index contributed by atoms with van der Waals surface area (Å²) in [6.45, 7) is 9.38. The molecule has 0 radical (unpaired) electrons. The zero-order valence-corrected chi connectivity index (χ0v) is 14.9. The quantitative estimate of drug-likeness (QED) is 0.904. The van der Waals surface area contributed by atoms with E-state index in [4.69, 9.17) is 4.74 Å². The Morgan fingerprint density at radius 1 is 1.38 bits per heavy atom. The van der Waals surface area contributed by atoms with Gasteiger partial charge in [-0.15, -0.1) is 0 Å². The van der Waals surface area contributed by atoms with Gasteiger partial charge in [-0.3, -0.25) is 9.69 Å². The van der Waals surface area contributed by atoms with Crippen LogP contribution in [-0.4, -0.2) is 34.7 Å². The minimum absolute atomic E-state index is 0.0357. The molecule has 0 spiro atoms. The predicted octanol–water partition coefficient (Wildman–Crippen LogP) is 2.76. The van der Waals surface area contributed by atoms with Gasteiger partial charge in [-0.2, -0.15) is 0 Å². The number of carbonyl (C=O) groups is 2. The Kier molecular flexibility index (Phi) is 3.81. The molecule has 6 heteroatoms. The second-order valence-electron chi connectivity index (χ2n) is 8.14. The summed E-state index contributed by atoms with van der Waals surface area (Å²) in [5, 5.41) is 2.87. The molecule has 130 valence electrons. The molecule has 2 aliphatic rings. The van der Waals surface area contributed by atoms with Crippen molar-refractivity contribution in [2.45, 2.75) is 70.6 Å². The number of ether oxygens (including phenoxy) is 1. The van der Waals surface area contributed by atoms with Gasteiger partial charge in [0.15, 0.2) is 0 Å². The molecule has 0 aromatic carbocycles. The van der Waals surface area contributed by atoms with Gasteiger partial charge in [-0.1, -0.05) is 6.07 Å². The van der Waals surface area contributed by atoms with Crippen molar-refractivity contribution in [3.63, 3.8) is 0 Å². The number of pyridine rings is 1. The van der Waals surface area contributed by atoms with E-state index in [0.29, 0.717) is 0 Å². The fourth-order valence-electron chi connectivity index (χ4n) is 3.32. The maximum atomic E-state index is 12.8. The summed E-state index contributed by atoms with van der Waals surface area (Å²) >= 11 is 0. The average Bonchev–Trinajstić information content (AvgIpc) is 2.61. The topological polar surface area (TPSA) is 71.5 Å². The summed E-state index contributed by atoms with van der Waals surface area (Å²) in [5.41, 5.74) is -0.0864. The molecule has 3 rings (SSSR count). The van der Waals surface area contributed by atoms with Crippen LogP contribution in [0.1, 0.15) is 53.0 Å². The third-order valence-corrected chi connectivity index (χ3v) is 4.64. The van der Waals surface area contributed by atoms with Crippen molar-refractivity contribution in [1.29, 1.82) is 0 Å². The largest absolute Gasteiger partial charge is 0.444 e. The van der Waals surface area contributed by atoms with Crippen LogP contribution in [0.5, 0.6) is 0 Å². The summed E-state index contributed by atoms with van der Waals surface area (Å²) in [6, 6.07) is 3.95. The first-order chi connectivity index (χ1) is 11.1. The van der Waals surface area contributed by atoms with Crippen molar-refractivity contribution in [2.75, 3.05) is 4.90 Å². The Labute approximate surface area is 142 Å². The van der Waals surface area contributed by atoms with Crippen LogP contribution >= 0.6 is 0 Å². The highest BCUT2D eigenvalue weighted by Crippen LogP contribution is 2.44. The molecule has 0 unspecified atom stereocenters. The number of amides is 2. The monoisotopic (exact) mass is 331 g/mol. The number of nitrogens with zero attached hydrogens (tertiary/aromatic N) is 2. The first-order valence-electron chi connectivity index (χ1n) is 8.38. The van der Waals surface area contributed by atoms with Crippen LogP contribution in [0, 0.1) is 0 Å². The summed E-state index contributed by atoms with van der Waals surface area (Å²) in [7, 11) is 0. The number of anilines is 1. The van der Waals surface area contributed by atoms with Gasteiger partial charge in [0.1, 0.15) is 11.4 Å². The van der Waals surface area contributed by atoms with Gasteiger partial charge >= 0.3 is 6.09 Å².